The molecule has 1 heterocycles. The smallest absolute Gasteiger partial charge is 0.248 e. The molecule has 1 fully saturated rings. The Hall–Kier alpha value is -1.44. The molecule has 0 aliphatic carbocycles. The van der Waals surface area contributed by atoms with Gasteiger partial charge in [0, 0.05) is 26.2 Å². The second kappa shape index (κ2) is 7.71. The van der Waals surface area contributed by atoms with E-state index < -0.39 is 10.0 Å². The lowest BCUT2D eigenvalue weighted by atomic mass is 10.2. The van der Waals surface area contributed by atoms with Crippen LogP contribution in [0.4, 0.5) is 0 Å². The second-order valence-electron chi connectivity index (χ2n) is 5.37. The fourth-order valence-corrected chi connectivity index (χ4v) is 3.27. The minimum atomic E-state index is -3.19. The van der Waals surface area contributed by atoms with Crippen molar-refractivity contribution < 1.29 is 17.9 Å². The Morgan fingerprint density at radius 2 is 1.86 bits per heavy atom. The van der Waals surface area contributed by atoms with E-state index in [0.717, 1.165) is 5.56 Å². The van der Waals surface area contributed by atoms with Crippen molar-refractivity contribution in [3.63, 3.8) is 0 Å². The van der Waals surface area contributed by atoms with Crippen LogP contribution in [-0.4, -0.2) is 62.6 Å². The highest BCUT2D eigenvalue weighted by Crippen LogP contribution is 2.08. The minimum Gasteiger partial charge on any atom is -0.367 e. The summed E-state index contributed by atoms with van der Waals surface area (Å²) in [5.41, 5.74) is 1.02. The first-order valence-electron chi connectivity index (χ1n) is 7.31. The van der Waals surface area contributed by atoms with E-state index in [9.17, 15) is 13.2 Å². The molecule has 1 saturated heterocycles. The van der Waals surface area contributed by atoms with Gasteiger partial charge in [-0.15, -0.1) is 0 Å². The van der Waals surface area contributed by atoms with Gasteiger partial charge in [-0.2, -0.15) is 0 Å². The summed E-state index contributed by atoms with van der Waals surface area (Å²) in [6, 6.07) is 9.67. The van der Waals surface area contributed by atoms with Crippen LogP contribution in [0.5, 0.6) is 0 Å². The van der Waals surface area contributed by atoms with Gasteiger partial charge in [-0.25, -0.2) is 12.7 Å². The van der Waals surface area contributed by atoms with Crippen LogP contribution in [-0.2, 0) is 26.2 Å². The van der Waals surface area contributed by atoms with Crippen molar-refractivity contribution in [3.8, 4) is 0 Å². The number of ether oxygens (including phenoxy) is 1. The monoisotopic (exact) mass is 326 g/mol. The third kappa shape index (κ3) is 5.08. The first-order chi connectivity index (χ1) is 10.5. The number of benzene rings is 1. The van der Waals surface area contributed by atoms with E-state index >= 15 is 0 Å². The fourth-order valence-electron chi connectivity index (χ4n) is 2.40. The topological polar surface area (TPSA) is 66.9 Å². The van der Waals surface area contributed by atoms with Crippen molar-refractivity contribution in [1.29, 1.82) is 0 Å². The quantitative estimate of drug-likeness (QED) is 0.799. The lowest BCUT2D eigenvalue weighted by molar-refractivity contribution is -0.136. The van der Waals surface area contributed by atoms with E-state index in [-0.39, 0.29) is 12.5 Å². The van der Waals surface area contributed by atoms with E-state index in [1.165, 1.54) is 10.6 Å². The average molecular weight is 326 g/mol. The van der Waals surface area contributed by atoms with Crippen LogP contribution in [0.15, 0.2) is 30.3 Å². The minimum absolute atomic E-state index is 0.0216. The molecule has 0 radical (unpaired) electrons. The normalized spacial score (nSPS) is 17.2. The lowest BCUT2D eigenvalue weighted by Crippen LogP contribution is -2.38. The predicted molar refractivity (Wildman–Crippen MR) is 83.7 cm³/mol. The zero-order valence-electron chi connectivity index (χ0n) is 12.8. The first-order valence-corrected chi connectivity index (χ1v) is 9.16. The summed E-state index contributed by atoms with van der Waals surface area (Å²) < 4.78 is 30.0. The average Bonchev–Trinajstić information content (AvgIpc) is 2.74. The van der Waals surface area contributed by atoms with Gasteiger partial charge in [-0.05, 0) is 12.0 Å². The lowest BCUT2D eigenvalue weighted by Gasteiger charge is -2.21. The van der Waals surface area contributed by atoms with Crippen molar-refractivity contribution in [2.75, 3.05) is 39.0 Å². The number of amides is 1. The summed E-state index contributed by atoms with van der Waals surface area (Å²) in [5.74, 6) is -0.0914. The van der Waals surface area contributed by atoms with Gasteiger partial charge in [0.15, 0.2) is 0 Å². The number of carbonyl (C=O) groups is 1. The molecule has 1 amide bonds. The maximum atomic E-state index is 12.1. The van der Waals surface area contributed by atoms with Gasteiger partial charge in [-0.1, -0.05) is 30.3 Å². The zero-order chi connectivity index (χ0) is 16.0. The second-order valence-corrected chi connectivity index (χ2v) is 7.36. The van der Waals surface area contributed by atoms with Gasteiger partial charge in [-0.3, -0.25) is 4.79 Å². The molecule has 0 N–H and O–H groups in total. The zero-order valence-corrected chi connectivity index (χ0v) is 13.6. The number of rotatable bonds is 5. The van der Waals surface area contributed by atoms with Crippen molar-refractivity contribution in [1.82, 2.24) is 9.21 Å². The van der Waals surface area contributed by atoms with E-state index in [4.69, 9.17) is 4.74 Å². The SMILES string of the molecule is CS(=O)(=O)N1CCCN(C(=O)COCc2ccccc2)CC1. The van der Waals surface area contributed by atoms with Gasteiger partial charge < -0.3 is 9.64 Å². The summed E-state index contributed by atoms with van der Waals surface area (Å²) in [7, 11) is -3.19. The maximum Gasteiger partial charge on any atom is 0.248 e. The molecule has 7 heteroatoms. The van der Waals surface area contributed by atoms with Crippen molar-refractivity contribution >= 4 is 15.9 Å². The highest BCUT2D eigenvalue weighted by Gasteiger charge is 2.23. The Bertz CT molecular complexity index is 589. The highest BCUT2D eigenvalue weighted by atomic mass is 32.2. The molecule has 0 unspecified atom stereocenters. The molecule has 1 aromatic carbocycles. The van der Waals surface area contributed by atoms with Crippen molar-refractivity contribution in [3.05, 3.63) is 35.9 Å². The van der Waals surface area contributed by atoms with E-state index in [1.54, 1.807) is 4.90 Å². The van der Waals surface area contributed by atoms with Gasteiger partial charge in [0.1, 0.15) is 6.61 Å². The number of sulfonamides is 1. The molecule has 0 atom stereocenters. The molecule has 122 valence electrons. The summed E-state index contributed by atoms with van der Waals surface area (Å²) in [6.45, 7) is 2.22. The Morgan fingerprint density at radius 3 is 2.55 bits per heavy atom. The van der Waals surface area contributed by atoms with Gasteiger partial charge in [0.25, 0.3) is 0 Å². The third-order valence-corrected chi connectivity index (χ3v) is 4.92. The molecular weight excluding hydrogens is 304 g/mol. The van der Waals surface area contributed by atoms with Gasteiger partial charge in [0.05, 0.1) is 12.9 Å². The molecular formula is C15H22N2O4S. The molecule has 22 heavy (non-hydrogen) atoms. The Labute approximate surface area is 131 Å². The van der Waals surface area contributed by atoms with Crippen LogP contribution in [0.3, 0.4) is 0 Å². The number of nitrogens with zero attached hydrogens (tertiary/aromatic N) is 2. The third-order valence-electron chi connectivity index (χ3n) is 3.61. The van der Waals surface area contributed by atoms with Crippen molar-refractivity contribution in [2.45, 2.75) is 13.0 Å². The maximum absolute atomic E-state index is 12.1. The van der Waals surface area contributed by atoms with Gasteiger partial charge >= 0.3 is 0 Å². The van der Waals surface area contributed by atoms with Crippen LogP contribution in [0.1, 0.15) is 12.0 Å². The number of hydrogen-bond acceptors (Lipinski definition) is 4. The Morgan fingerprint density at radius 1 is 1.14 bits per heavy atom. The van der Waals surface area contributed by atoms with Crippen LogP contribution in [0.2, 0.25) is 0 Å². The van der Waals surface area contributed by atoms with E-state index in [0.29, 0.717) is 39.2 Å². The Kier molecular flexibility index (Phi) is 5.93. The summed E-state index contributed by atoms with van der Waals surface area (Å²) in [4.78, 5) is 13.8. The van der Waals surface area contributed by atoms with Crippen LogP contribution in [0, 0.1) is 0 Å². The first kappa shape index (κ1) is 16.9. The van der Waals surface area contributed by atoms with Crippen molar-refractivity contribution in [2.24, 2.45) is 0 Å². The molecule has 1 aliphatic heterocycles. The standard InChI is InChI=1S/C15H22N2O4S/c1-22(19,20)17-9-5-8-16(10-11-17)15(18)13-21-12-14-6-3-2-4-7-14/h2-4,6-7H,5,8-13H2,1H3. The molecule has 1 aromatic rings. The fraction of sp³-hybridized carbons (Fsp3) is 0.533. The van der Waals surface area contributed by atoms with Gasteiger partial charge in [0.2, 0.25) is 15.9 Å². The number of carbonyl (C=O) groups excluding carboxylic acids is 1. The molecule has 2 rings (SSSR count). The summed E-state index contributed by atoms with van der Waals surface area (Å²) >= 11 is 0. The van der Waals surface area contributed by atoms with E-state index in [1.807, 2.05) is 30.3 Å². The molecule has 0 saturated carbocycles. The molecule has 0 aromatic heterocycles. The molecule has 0 spiro atoms. The van der Waals surface area contributed by atoms with Crippen LogP contribution >= 0.6 is 0 Å². The number of hydrogen-bond donors (Lipinski definition) is 0. The summed E-state index contributed by atoms with van der Waals surface area (Å²) in [6.07, 6.45) is 1.85. The largest absolute Gasteiger partial charge is 0.367 e. The summed E-state index contributed by atoms with van der Waals surface area (Å²) in [5, 5.41) is 0. The van der Waals surface area contributed by atoms with Crippen LogP contribution in [0.25, 0.3) is 0 Å². The molecule has 6 nitrogen and oxygen atoms in total. The highest BCUT2D eigenvalue weighted by molar-refractivity contribution is 7.88. The molecule has 0 bridgehead atoms. The van der Waals surface area contributed by atoms with Crippen LogP contribution < -0.4 is 0 Å². The molecule has 1 aliphatic rings. The Balaban J connectivity index is 1.78. The predicted octanol–water partition coefficient (Wildman–Crippen LogP) is 0.697. The van der Waals surface area contributed by atoms with E-state index in [2.05, 4.69) is 0 Å².